The number of aliphatic imine (C=N–C) groups is 1. The molecule has 0 bridgehead atoms. The molecule has 0 unspecified atom stereocenters. The zero-order valence-corrected chi connectivity index (χ0v) is 13.8. The molecule has 1 saturated heterocycles. The standard InChI is InChI=1S/C19H18N2O3/c1-10-8-13-14(9-11(10)2)21-19-16(20-13)17(22)18(24-19)12-6-4-5-7-15(12)23-3/h4-9,16,18,20H,1-3H3/t16-,18+/m1/s1. The van der Waals surface area contributed by atoms with E-state index in [0.717, 1.165) is 28.1 Å². The third kappa shape index (κ3) is 2.16. The first kappa shape index (κ1) is 14.8. The van der Waals surface area contributed by atoms with Gasteiger partial charge in [-0.3, -0.25) is 4.79 Å². The summed E-state index contributed by atoms with van der Waals surface area (Å²) in [6.07, 6.45) is -0.700. The molecule has 2 aromatic rings. The second-order valence-electron chi connectivity index (χ2n) is 6.12. The Hall–Kier alpha value is -2.82. The van der Waals surface area contributed by atoms with Gasteiger partial charge in [-0.1, -0.05) is 18.2 Å². The van der Waals surface area contributed by atoms with E-state index in [-0.39, 0.29) is 5.78 Å². The van der Waals surface area contributed by atoms with Crippen LogP contribution in [0.3, 0.4) is 0 Å². The number of benzene rings is 2. The highest BCUT2D eigenvalue weighted by molar-refractivity contribution is 6.17. The smallest absolute Gasteiger partial charge is 0.220 e. The maximum Gasteiger partial charge on any atom is 0.220 e. The fourth-order valence-electron chi connectivity index (χ4n) is 3.13. The molecule has 5 heteroatoms. The first-order valence-corrected chi connectivity index (χ1v) is 7.88. The zero-order chi connectivity index (χ0) is 16.8. The Morgan fingerprint density at radius 1 is 1.17 bits per heavy atom. The molecule has 1 fully saturated rings. The minimum Gasteiger partial charge on any atom is -0.496 e. The SMILES string of the molecule is COc1ccccc1[C@@H]1OC2=Nc3cc(C)c(C)cc3N[C@@H]2C1=O. The van der Waals surface area contributed by atoms with E-state index in [1.54, 1.807) is 7.11 Å². The molecule has 2 atom stereocenters. The van der Waals surface area contributed by atoms with Gasteiger partial charge in [0.2, 0.25) is 11.7 Å². The van der Waals surface area contributed by atoms with E-state index in [1.165, 1.54) is 0 Å². The Morgan fingerprint density at radius 3 is 2.71 bits per heavy atom. The number of nitrogens with zero attached hydrogens (tertiary/aromatic N) is 1. The number of aryl methyl sites for hydroxylation is 2. The molecule has 0 aromatic heterocycles. The van der Waals surface area contributed by atoms with Crippen molar-refractivity contribution in [2.75, 3.05) is 12.4 Å². The number of anilines is 1. The van der Waals surface area contributed by atoms with E-state index in [0.29, 0.717) is 11.6 Å². The van der Waals surface area contributed by atoms with Crippen molar-refractivity contribution in [3.63, 3.8) is 0 Å². The van der Waals surface area contributed by atoms with E-state index >= 15 is 0 Å². The van der Waals surface area contributed by atoms with Gasteiger partial charge in [0, 0.05) is 5.56 Å². The van der Waals surface area contributed by atoms with Crippen LogP contribution in [-0.2, 0) is 9.53 Å². The lowest BCUT2D eigenvalue weighted by molar-refractivity contribution is -0.122. The molecule has 0 spiro atoms. The number of fused-ring (bicyclic) bond motifs is 2. The maximum atomic E-state index is 12.8. The average Bonchev–Trinajstić information content (AvgIpc) is 2.90. The number of nitrogens with one attached hydrogen (secondary N) is 1. The van der Waals surface area contributed by atoms with Crippen LogP contribution in [0.1, 0.15) is 22.8 Å². The molecule has 0 aliphatic carbocycles. The summed E-state index contributed by atoms with van der Waals surface area (Å²) in [5, 5.41) is 3.27. The van der Waals surface area contributed by atoms with Gasteiger partial charge in [0.1, 0.15) is 5.75 Å². The highest BCUT2D eigenvalue weighted by Crippen LogP contribution is 2.40. The Balaban J connectivity index is 1.73. The van der Waals surface area contributed by atoms with Crippen LogP contribution in [0, 0.1) is 13.8 Å². The van der Waals surface area contributed by atoms with E-state index in [1.807, 2.05) is 50.2 Å². The van der Waals surface area contributed by atoms with Gasteiger partial charge in [0.15, 0.2) is 12.1 Å². The largest absolute Gasteiger partial charge is 0.496 e. The number of carbonyl (C=O) groups is 1. The second-order valence-corrected chi connectivity index (χ2v) is 6.12. The summed E-state index contributed by atoms with van der Waals surface area (Å²) in [6, 6.07) is 10.9. The van der Waals surface area contributed by atoms with Crippen LogP contribution < -0.4 is 10.1 Å². The highest BCUT2D eigenvalue weighted by Gasteiger charge is 2.45. The number of hydrogen-bond donors (Lipinski definition) is 1. The molecule has 2 aliphatic heterocycles. The molecule has 5 nitrogen and oxygen atoms in total. The number of rotatable bonds is 2. The molecule has 122 valence electrons. The quantitative estimate of drug-likeness (QED) is 0.919. The lowest BCUT2D eigenvalue weighted by atomic mass is 10.0. The van der Waals surface area contributed by atoms with Crippen LogP contribution >= 0.6 is 0 Å². The van der Waals surface area contributed by atoms with Crippen molar-refractivity contribution in [2.45, 2.75) is 26.0 Å². The number of ketones is 1. The van der Waals surface area contributed by atoms with Crippen molar-refractivity contribution in [3.8, 4) is 5.75 Å². The Labute approximate surface area is 140 Å². The molecular weight excluding hydrogens is 304 g/mol. The summed E-state index contributed by atoms with van der Waals surface area (Å²) in [5.74, 6) is 1.01. The fraction of sp³-hybridized carbons (Fsp3) is 0.263. The monoisotopic (exact) mass is 322 g/mol. The molecule has 0 amide bonds. The van der Waals surface area contributed by atoms with Crippen molar-refractivity contribution in [1.82, 2.24) is 0 Å². The molecule has 2 aromatic carbocycles. The first-order chi connectivity index (χ1) is 11.6. The lowest BCUT2D eigenvalue weighted by Crippen LogP contribution is -2.34. The van der Waals surface area contributed by atoms with Crippen molar-refractivity contribution < 1.29 is 14.3 Å². The predicted octanol–water partition coefficient (Wildman–Crippen LogP) is 3.48. The normalized spacial score (nSPS) is 21.3. The minimum absolute atomic E-state index is 0.0536. The van der Waals surface area contributed by atoms with Crippen LogP contribution in [0.15, 0.2) is 41.4 Å². The van der Waals surface area contributed by atoms with Gasteiger partial charge >= 0.3 is 0 Å². The molecule has 0 radical (unpaired) electrons. The van der Waals surface area contributed by atoms with Crippen molar-refractivity contribution in [1.29, 1.82) is 0 Å². The third-order valence-electron chi connectivity index (χ3n) is 4.59. The summed E-state index contributed by atoms with van der Waals surface area (Å²) in [7, 11) is 1.59. The number of hydrogen-bond acceptors (Lipinski definition) is 5. The summed E-state index contributed by atoms with van der Waals surface area (Å²) < 4.78 is 11.3. The lowest BCUT2D eigenvalue weighted by Gasteiger charge is -2.20. The van der Waals surface area contributed by atoms with Gasteiger partial charge in [-0.2, -0.15) is 0 Å². The van der Waals surface area contributed by atoms with Gasteiger partial charge in [0.25, 0.3) is 0 Å². The molecule has 24 heavy (non-hydrogen) atoms. The van der Waals surface area contributed by atoms with E-state index < -0.39 is 12.1 Å². The van der Waals surface area contributed by atoms with Crippen LogP contribution in [0.25, 0.3) is 0 Å². The fourth-order valence-corrected chi connectivity index (χ4v) is 3.13. The van der Waals surface area contributed by atoms with Crippen molar-refractivity contribution >= 4 is 23.1 Å². The van der Waals surface area contributed by atoms with Gasteiger partial charge < -0.3 is 14.8 Å². The predicted molar refractivity (Wildman–Crippen MR) is 92.2 cm³/mol. The number of ether oxygens (including phenoxy) is 2. The van der Waals surface area contributed by atoms with Crippen LogP contribution in [0.5, 0.6) is 5.75 Å². The van der Waals surface area contributed by atoms with Gasteiger partial charge in [0.05, 0.1) is 18.5 Å². The molecule has 4 rings (SSSR count). The Kier molecular flexibility index (Phi) is 3.30. The minimum atomic E-state index is -0.700. The van der Waals surface area contributed by atoms with Gasteiger partial charge in [-0.25, -0.2) is 4.99 Å². The summed E-state index contributed by atoms with van der Waals surface area (Å²) in [6.45, 7) is 4.08. The van der Waals surface area contributed by atoms with Crippen LogP contribution in [0.2, 0.25) is 0 Å². The van der Waals surface area contributed by atoms with E-state index in [2.05, 4.69) is 10.3 Å². The maximum absolute atomic E-state index is 12.8. The van der Waals surface area contributed by atoms with E-state index in [9.17, 15) is 4.79 Å². The van der Waals surface area contributed by atoms with Crippen LogP contribution in [0.4, 0.5) is 11.4 Å². The van der Waals surface area contributed by atoms with Gasteiger partial charge in [-0.05, 0) is 43.2 Å². The number of Topliss-reactive ketones (excluding diaryl/α,β-unsaturated/α-hetero) is 1. The third-order valence-corrected chi connectivity index (χ3v) is 4.59. The number of carbonyl (C=O) groups excluding carboxylic acids is 1. The first-order valence-electron chi connectivity index (χ1n) is 7.88. The summed E-state index contributed by atoms with van der Waals surface area (Å²) in [5.41, 5.74) is 4.71. The van der Waals surface area contributed by atoms with Crippen molar-refractivity contribution in [3.05, 3.63) is 53.1 Å². The number of para-hydroxylation sites is 1. The molecule has 2 heterocycles. The second kappa shape index (κ2) is 5.37. The number of methoxy groups -OCH3 is 1. The Morgan fingerprint density at radius 2 is 1.92 bits per heavy atom. The van der Waals surface area contributed by atoms with Gasteiger partial charge in [-0.15, -0.1) is 0 Å². The van der Waals surface area contributed by atoms with Crippen molar-refractivity contribution in [2.24, 2.45) is 4.99 Å². The zero-order valence-electron chi connectivity index (χ0n) is 13.8. The van der Waals surface area contributed by atoms with Crippen LogP contribution in [-0.4, -0.2) is 24.8 Å². The molecule has 1 N–H and O–H groups in total. The molecule has 0 saturated carbocycles. The average molecular weight is 322 g/mol. The Bertz CT molecular complexity index is 873. The van der Waals surface area contributed by atoms with E-state index in [4.69, 9.17) is 9.47 Å². The topological polar surface area (TPSA) is 59.9 Å². The highest BCUT2D eigenvalue weighted by atomic mass is 16.5. The molecular formula is C19H18N2O3. The summed E-state index contributed by atoms with van der Waals surface area (Å²) >= 11 is 0. The summed E-state index contributed by atoms with van der Waals surface area (Å²) in [4.78, 5) is 17.4. The molecule has 2 aliphatic rings.